The van der Waals surface area contributed by atoms with Crippen molar-refractivity contribution < 1.29 is 14.3 Å². The van der Waals surface area contributed by atoms with Crippen LogP contribution in [0.15, 0.2) is 53.4 Å². The number of hydrogen-bond donors (Lipinski definition) is 2. The molecule has 7 heteroatoms. The highest BCUT2D eigenvalue weighted by Crippen LogP contribution is 2.30. The molecule has 110 valence electrons. The van der Waals surface area contributed by atoms with Gasteiger partial charge in [-0.25, -0.2) is 9.97 Å². The second kappa shape index (κ2) is 5.87. The Labute approximate surface area is 130 Å². The van der Waals surface area contributed by atoms with Gasteiger partial charge in [-0.3, -0.25) is 4.79 Å². The number of aromatic nitrogens is 2. The molecule has 0 saturated carbocycles. The van der Waals surface area contributed by atoms with Gasteiger partial charge in [0.2, 0.25) is 0 Å². The van der Waals surface area contributed by atoms with Gasteiger partial charge in [0.1, 0.15) is 0 Å². The summed E-state index contributed by atoms with van der Waals surface area (Å²) in [6.07, 6.45) is 2.61. The van der Waals surface area contributed by atoms with Gasteiger partial charge in [-0.15, -0.1) is 0 Å². The molecule has 3 rings (SSSR count). The van der Waals surface area contributed by atoms with Gasteiger partial charge >= 0.3 is 0 Å². The third-order valence-corrected chi connectivity index (χ3v) is 3.25. The lowest BCUT2D eigenvalue weighted by molar-refractivity contribution is 0.102. The zero-order valence-electron chi connectivity index (χ0n) is 11.2. The van der Waals surface area contributed by atoms with Crippen LogP contribution in [-0.4, -0.2) is 21.0 Å². The van der Waals surface area contributed by atoms with Gasteiger partial charge < -0.3 is 14.8 Å². The predicted molar refractivity (Wildman–Crippen MR) is 80.8 cm³/mol. The molecule has 0 bridgehead atoms. The van der Waals surface area contributed by atoms with E-state index >= 15 is 0 Å². The number of anilines is 1. The highest BCUT2D eigenvalue weighted by molar-refractivity contribution is 6.33. The van der Waals surface area contributed by atoms with Crippen molar-refractivity contribution in [3.8, 4) is 17.1 Å². The van der Waals surface area contributed by atoms with Gasteiger partial charge in [0.25, 0.3) is 5.91 Å². The van der Waals surface area contributed by atoms with Crippen LogP contribution in [0.3, 0.4) is 0 Å². The number of nitrogens with zero attached hydrogens (tertiary/aromatic N) is 2. The fourth-order valence-corrected chi connectivity index (χ4v) is 2.13. The van der Waals surface area contributed by atoms with E-state index in [-0.39, 0.29) is 23.0 Å². The molecule has 22 heavy (non-hydrogen) atoms. The maximum Gasteiger partial charge on any atom is 0.279 e. The first-order valence-electron chi connectivity index (χ1n) is 6.30. The SMILES string of the molecule is O=C(Nc1ncccc1O)c1ncoc1-c1ccccc1Cl. The van der Waals surface area contributed by atoms with Crippen molar-refractivity contribution in [2.24, 2.45) is 0 Å². The molecule has 2 aromatic heterocycles. The van der Waals surface area contributed by atoms with E-state index in [1.54, 1.807) is 30.3 Å². The van der Waals surface area contributed by atoms with Crippen LogP contribution in [0.1, 0.15) is 10.5 Å². The van der Waals surface area contributed by atoms with E-state index in [0.29, 0.717) is 10.6 Å². The number of aromatic hydroxyl groups is 1. The normalized spacial score (nSPS) is 10.4. The molecule has 1 aromatic carbocycles. The molecule has 0 aliphatic rings. The fraction of sp³-hybridized carbons (Fsp3) is 0. The number of nitrogens with one attached hydrogen (secondary N) is 1. The Morgan fingerprint density at radius 1 is 1.18 bits per heavy atom. The Morgan fingerprint density at radius 3 is 2.77 bits per heavy atom. The maximum atomic E-state index is 12.3. The molecule has 0 unspecified atom stereocenters. The van der Waals surface area contributed by atoms with Crippen LogP contribution in [0, 0.1) is 0 Å². The van der Waals surface area contributed by atoms with Gasteiger partial charge in [-0.2, -0.15) is 0 Å². The third kappa shape index (κ3) is 2.64. The molecule has 1 amide bonds. The molecule has 0 spiro atoms. The van der Waals surface area contributed by atoms with E-state index in [2.05, 4.69) is 15.3 Å². The van der Waals surface area contributed by atoms with Crippen LogP contribution in [0.2, 0.25) is 5.02 Å². The summed E-state index contributed by atoms with van der Waals surface area (Å²) in [5.41, 5.74) is 0.607. The second-order valence-corrected chi connectivity index (χ2v) is 4.74. The number of halogens is 1. The lowest BCUT2D eigenvalue weighted by Crippen LogP contribution is -2.14. The van der Waals surface area contributed by atoms with Crippen molar-refractivity contribution in [3.63, 3.8) is 0 Å². The summed E-state index contributed by atoms with van der Waals surface area (Å²) in [5, 5.41) is 12.6. The first-order valence-corrected chi connectivity index (χ1v) is 6.68. The zero-order valence-corrected chi connectivity index (χ0v) is 11.9. The van der Waals surface area contributed by atoms with Gasteiger partial charge in [0.05, 0.1) is 5.02 Å². The van der Waals surface area contributed by atoms with Gasteiger partial charge in [-0.1, -0.05) is 23.7 Å². The summed E-state index contributed by atoms with van der Waals surface area (Å²) < 4.78 is 5.28. The monoisotopic (exact) mass is 315 g/mol. The number of amides is 1. The maximum absolute atomic E-state index is 12.3. The summed E-state index contributed by atoms with van der Waals surface area (Å²) in [7, 11) is 0. The Hall–Kier alpha value is -2.86. The van der Waals surface area contributed by atoms with Gasteiger partial charge in [-0.05, 0) is 24.3 Å². The zero-order chi connectivity index (χ0) is 15.5. The van der Waals surface area contributed by atoms with Crippen molar-refractivity contribution in [1.82, 2.24) is 9.97 Å². The van der Waals surface area contributed by atoms with Crippen LogP contribution < -0.4 is 5.32 Å². The van der Waals surface area contributed by atoms with E-state index in [1.807, 2.05) is 0 Å². The van der Waals surface area contributed by atoms with Crippen LogP contribution in [-0.2, 0) is 0 Å². The summed E-state index contributed by atoms with van der Waals surface area (Å²) in [4.78, 5) is 20.1. The Morgan fingerprint density at radius 2 is 2.00 bits per heavy atom. The highest BCUT2D eigenvalue weighted by atomic mass is 35.5. The van der Waals surface area contributed by atoms with Crippen molar-refractivity contribution in [2.45, 2.75) is 0 Å². The molecule has 0 aliphatic carbocycles. The smallest absolute Gasteiger partial charge is 0.279 e. The number of benzene rings is 1. The first-order chi connectivity index (χ1) is 10.7. The number of pyridine rings is 1. The summed E-state index contributed by atoms with van der Waals surface area (Å²) >= 11 is 6.11. The van der Waals surface area contributed by atoms with Crippen LogP contribution in [0.25, 0.3) is 11.3 Å². The number of carbonyl (C=O) groups is 1. The lowest BCUT2D eigenvalue weighted by atomic mass is 10.1. The van der Waals surface area contributed by atoms with Crippen molar-refractivity contribution in [2.75, 3.05) is 5.32 Å². The molecule has 0 saturated heterocycles. The van der Waals surface area contributed by atoms with E-state index < -0.39 is 5.91 Å². The van der Waals surface area contributed by atoms with Crippen LogP contribution in [0.5, 0.6) is 5.75 Å². The number of rotatable bonds is 3. The number of hydrogen-bond acceptors (Lipinski definition) is 5. The first kappa shape index (κ1) is 14.1. The van der Waals surface area contributed by atoms with E-state index in [1.165, 1.54) is 12.3 Å². The summed E-state index contributed by atoms with van der Waals surface area (Å²) in [6, 6.07) is 9.92. The Kier molecular flexibility index (Phi) is 3.76. The van der Waals surface area contributed by atoms with Crippen molar-refractivity contribution in [3.05, 3.63) is 59.7 Å². The Bertz CT molecular complexity index is 832. The average molecular weight is 316 g/mol. The highest BCUT2D eigenvalue weighted by Gasteiger charge is 2.21. The molecule has 2 heterocycles. The molecule has 2 N–H and O–H groups in total. The molecule has 0 fully saturated rings. The van der Waals surface area contributed by atoms with Crippen LogP contribution in [0.4, 0.5) is 5.82 Å². The summed E-state index contributed by atoms with van der Waals surface area (Å²) in [5.74, 6) is -0.407. The van der Waals surface area contributed by atoms with Crippen molar-refractivity contribution >= 4 is 23.3 Å². The largest absolute Gasteiger partial charge is 0.504 e. The molecule has 3 aromatic rings. The third-order valence-electron chi connectivity index (χ3n) is 2.92. The molecule has 0 atom stereocenters. The molecular formula is C15H10ClN3O3. The minimum Gasteiger partial charge on any atom is -0.504 e. The lowest BCUT2D eigenvalue weighted by Gasteiger charge is -2.06. The number of carbonyl (C=O) groups excluding carboxylic acids is 1. The van der Waals surface area contributed by atoms with E-state index in [0.717, 1.165) is 6.39 Å². The minimum absolute atomic E-state index is 0.0422. The van der Waals surface area contributed by atoms with E-state index in [4.69, 9.17) is 16.0 Å². The van der Waals surface area contributed by atoms with Crippen LogP contribution >= 0.6 is 11.6 Å². The van der Waals surface area contributed by atoms with Crippen molar-refractivity contribution in [1.29, 1.82) is 0 Å². The van der Waals surface area contributed by atoms with Gasteiger partial charge in [0.15, 0.2) is 29.4 Å². The minimum atomic E-state index is -0.558. The topological polar surface area (TPSA) is 88.2 Å². The van der Waals surface area contributed by atoms with E-state index in [9.17, 15) is 9.90 Å². The molecular weight excluding hydrogens is 306 g/mol. The molecule has 0 aliphatic heterocycles. The van der Waals surface area contributed by atoms with Gasteiger partial charge in [0, 0.05) is 11.8 Å². The standard InChI is InChI=1S/C15H10ClN3O3/c16-10-5-2-1-4-9(10)13-12(18-8-22-13)15(21)19-14-11(20)6-3-7-17-14/h1-8,20H,(H,17,19,21). The second-order valence-electron chi connectivity index (χ2n) is 4.34. The fourth-order valence-electron chi connectivity index (χ4n) is 1.90. The summed E-state index contributed by atoms with van der Waals surface area (Å²) in [6.45, 7) is 0. The quantitative estimate of drug-likeness (QED) is 0.773. The average Bonchev–Trinajstić information content (AvgIpc) is 2.99. The predicted octanol–water partition coefficient (Wildman–Crippen LogP) is 3.35. The number of oxazole rings is 1. The molecule has 6 nitrogen and oxygen atoms in total. The molecule has 0 radical (unpaired) electrons. The Balaban J connectivity index is 1.94.